The average molecular weight is 318 g/mol. The normalized spacial score (nSPS) is 10.5. The smallest absolute Gasteiger partial charge is 0.168 e. The Bertz CT molecular complexity index is 635. The highest BCUT2D eigenvalue weighted by Gasteiger charge is 2.11. The molecule has 0 saturated carbocycles. The number of nitrogens with two attached hydrogens (primary N) is 1. The quantitative estimate of drug-likeness (QED) is 0.685. The number of benzene rings is 2. The number of halogens is 1. The van der Waals surface area contributed by atoms with Crippen LogP contribution in [0.2, 0.25) is 0 Å². The lowest BCUT2D eigenvalue weighted by molar-refractivity contribution is 0.0992. The fraction of sp³-hybridized carbons (Fsp3) is 0.188. The zero-order valence-corrected chi connectivity index (χ0v) is 12.6. The van der Waals surface area contributed by atoms with E-state index in [0.29, 0.717) is 17.7 Å². The SMILES string of the molecule is Cc1ccc(CC(=O)c2cc(N)ccc2Br)cc1C. The summed E-state index contributed by atoms with van der Waals surface area (Å²) >= 11 is 3.39. The van der Waals surface area contributed by atoms with Crippen molar-refractivity contribution in [2.45, 2.75) is 20.3 Å². The van der Waals surface area contributed by atoms with Gasteiger partial charge in [0.25, 0.3) is 0 Å². The van der Waals surface area contributed by atoms with E-state index in [9.17, 15) is 4.79 Å². The number of hydrogen-bond acceptors (Lipinski definition) is 2. The minimum Gasteiger partial charge on any atom is -0.399 e. The molecule has 0 aliphatic heterocycles. The Morgan fingerprint density at radius 2 is 1.84 bits per heavy atom. The summed E-state index contributed by atoms with van der Waals surface area (Å²) in [6, 6.07) is 11.4. The van der Waals surface area contributed by atoms with Gasteiger partial charge in [-0.1, -0.05) is 34.1 Å². The number of nitrogen functional groups attached to an aromatic ring is 1. The van der Waals surface area contributed by atoms with Crippen molar-refractivity contribution in [2.75, 3.05) is 5.73 Å². The summed E-state index contributed by atoms with van der Waals surface area (Å²) in [5, 5.41) is 0. The van der Waals surface area contributed by atoms with Crippen molar-refractivity contribution in [3.63, 3.8) is 0 Å². The van der Waals surface area contributed by atoms with Gasteiger partial charge >= 0.3 is 0 Å². The molecule has 0 aliphatic carbocycles. The van der Waals surface area contributed by atoms with Gasteiger partial charge in [0.2, 0.25) is 0 Å². The Hall–Kier alpha value is -1.61. The highest BCUT2D eigenvalue weighted by molar-refractivity contribution is 9.10. The summed E-state index contributed by atoms with van der Waals surface area (Å²) in [5.41, 5.74) is 10.4. The van der Waals surface area contributed by atoms with Crippen LogP contribution >= 0.6 is 15.9 Å². The van der Waals surface area contributed by atoms with Gasteiger partial charge in [0.1, 0.15) is 0 Å². The number of carbonyl (C=O) groups is 1. The second kappa shape index (κ2) is 5.57. The van der Waals surface area contributed by atoms with Gasteiger partial charge < -0.3 is 5.73 Å². The summed E-state index contributed by atoms with van der Waals surface area (Å²) in [5.74, 6) is 0.0717. The summed E-state index contributed by atoms with van der Waals surface area (Å²) in [6.07, 6.45) is 0.392. The molecule has 2 aromatic carbocycles. The summed E-state index contributed by atoms with van der Waals surface area (Å²) in [4.78, 5) is 12.3. The first-order chi connectivity index (χ1) is 8.97. The van der Waals surface area contributed by atoms with Gasteiger partial charge in [-0.15, -0.1) is 0 Å². The molecule has 0 bridgehead atoms. The molecular weight excluding hydrogens is 302 g/mol. The van der Waals surface area contributed by atoms with Crippen LogP contribution in [0.1, 0.15) is 27.0 Å². The fourth-order valence-electron chi connectivity index (χ4n) is 1.95. The van der Waals surface area contributed by atoms with Crippen LogP contribution in [0.4, 0.5) is 5.69 Å². The van der Waals surface area contributed by atoms with E-state index in [1.807, 2.05) is 18.2 Å². The maximum atomic E-state index is 12.3. The van der Waals surface area contributed by atoms with Crippen molar-refractivity contribution >= 4 is 27.4 Å². The van der Waals surface area contributed by atoms with Crippen LogP contribution < -0.4 is 5.73 Å². The van der Waals surface area contributed by atoms with Gasteiger partial charge in [-0.3, -0.25) is 4.79 Å². The molecule has 0 radical (unpaired) electrons. The van der Waals surface area contributed by atoms with E-state index in [4.69, 9.17) is 5.73 Å². The Morgan fingerprint density at radius 1 is 1.11 bits per heavy atom. The first-order valence-electron chi connectivity index (χ1n) is 6.11. The molecule has 0 atom stereocenters. The fourth-order valence-corrected chi connectivity index (χ4v) is 2.42. The molecule has 2 rings (SSSR count). The number of anilines is 1. The van der Waals surface area contributed by atoms with E-state index in [1.165, 1.54) is 11.1 Å². The number of hydrogen-bond donors (Lipinski definition) is 1. The standard InChI is InChI=1S/C16H16BrNO/c1-10-3-4-12(7-11(10)2)8-16(19)14-9-13(18)5-6-15(14)17/h3-7,9H,8,18H2,1-2H3. The minimum absolute atomic E-state index is 0.0717. The Morgan fingerprint density at radius 3 is 2.53 bits per heavy atom. The van der Waals surface area contributed by atoms with Crippen LogP contribution in [-0.2, 0) is 6.42 Å². The van der Waals surface area contributed by atoms with Crippen molar-refractivity contribution in [1.82, 2.24) is 0 Å². The number of ketones is 1. The second-order valence-corrected chi connectivity index (χ2v) is 5.61. The lowest BCUT2D eigenvalue weighted by Crippen LogP contribution is -2.05. The number of rotatable bonds is 3. The molecule has 0 spiro atoms. The molecule has 0 heterocycles. The van der Waals surface area contributed by atoms with Crippen molar-refractivity contribution in [3.8, 4) is 0 Å². The first kappa shape index (κ1) is 13.8. The average Bonchev–Trinajstić information content (AvgIpc) is 2.36. The molecule has 0 fully saturated rings. The zero-order chi connectivity index (χ0) is 14.0. The molecule has 0 saturated heterocycles. The molecule has 19 heavy (non-hydrogen) atoms. The molecule has 0 aromatic heterocycles. The first-order valence-corrected chi connectivity index (χ1v) is 6.91. The van der Waals surface area contributed by atoms with E-state index in [0.717, 1.165) is 10.0 Å². The summed E-state index contributed by atoms with van der Waals surface area (Å²) in [6.45, 7) is 4.12. The number of Topliss-reactive ketones (excluding diaryl/α,β-unsaturated/α-hetero) is 1. The van der Waals surface area contributed by atoms with Crippen LogP contribution in [0.25, 0.3) is 0 Å². The van der Waals surface area contributed by atoms with Gasteiger partial charge in [0, 0.05) is 22.1 Å². The van der Waals surface area contributed by atoms with Crippen LogP contribution in [-0.4, -0.2) is 5.78 Å². The largest absolute Gasteiger partial charge is 0.399 e. The van der Waals surface area contributed by atoms with Crippen LogP contribution in [0.5, 0.6) is 0 Å². The maximum absolute atomic E-state index is 12.3. The zero-order valence-electron chi connectivity index (χ0n) is 11.0. The topological polar surface area (TPSA) is 43.1 Å². The van der Waals surface area contributed by atoms with E-state index in [1.54, 1.807) is 12.1 Å². The highest BCUT2D eigenvalue weighted by Crippen LogP contribution is 2.22. The lowest BCUT2D eigenvalue weighted by Gasteiger charge is -2.07. The molecule has 0 amide bonds. The van der Waals surface area contributed by atoms with Crippen LogP contribution in [0.15, 0.2) is 40.9 Å². The van der Waals surface area contributed by atoms with E-state index < -0.39 is 0 Å². The molecule has 2 nitrogen and oxygen atoms in total. The predicted molar refractivity (Wildman–Crippen MR) is 82.5 cm³/mol. The Labute approximate surface area is 121 Å². The third kappa shape index (κ3) is 3.24. The van der Waals surface area contributed by atoms with Gasteiger partial charge in [-0.25, -0.2) is 0 Å². The minimum atomic E-state index is 0.0717. The van der Waals surface area contributed by atoms with E-state index in [-0.39, 0.29) is 5.78 Å². The van der Waals surface area contributed by atoms with Gasteiger partial charge in [-0.2, -0.15) is 0 Å². The van der Waals surface area contributed by atoms with Gasteiger partial charge in [0.15, 0.2) is 5.78 Å². The third-order valence-electron chi connectivity index (χ3n) is 3.23. The monoisotopic (exact) mass is 317 g/mol. The molecule has 98 valence electrons. The molecule has 0 aliphatic rings. The van der Waals surface area contributed by atoms with E-state index in [2.05, 4.69) is 35.8 Å². The molecule has 3 heteroatoms. The van der Waals surface area contributed by atoms with Crippen LogP contribution in [0.3, 0.4) is 0 Å². The molecule has 0 unspecified atom stereocenters. The van der Waals surface area contributed by atoms with Crippen LogP contribution in [0, 0.1) is 13.8 Å². The van der Waals surface area contributed by atoms with Gasteiger partial charge in [-0.05, 0) is 48.7 Å². The predicted octanol–water partition coefficient (Wildman–Crippen LogP) is 4.07. The second-order valence-electron chi connectivity index (χ2n) is 4.76. The maximum Gasteiger partial charge on any atom is 0.168 e. The summed E-state index contributed by atoms with van der Waals surface area (Å²) in [7, 11) is 0. The Kier molecular flexibility index (Phi) is 4.05. The number of carbonyl (C=O) groups excluding carboxylic acids is 1. The van der Waals surface area contributed by atoms with Crippen molar-refractivity contribution in [3.05, 3.63) is 63.1 Å². The highest BCUT2D eigenvalue weighted by atomic mass is 79.9. The van der Waals surface area contributed by atoms with Crippen molar-refractivity contribution in [2.24, 2.45) is 0 Å². The molecular formula is C16H16BrNO. The van der Waals surface area contributed by atoms with Gasteiger partial charge in [0.05, 0.1) is 0 Å². The van der Waals surface area contributed by atoms with Crippen molar-refractivity contribution in [1.29, 1.82) is 0 Å². The number of aryl methyl sites for hydroxylation is 2. The molecule has 2 aromatic rings. The lowest BCUT2D eigenvalue weighted by atomic mass is 9.99. The Balaban J connectivity index is 2.25. The molecule has 2 N–H and O–H groups in total. The summed E-state index contributed by atoms with van der Waals surface area (Å²) < 4.78 is 0.788. The van der Waals surface area contributed by atoms with Crippen molar-refractivity contribution < 1.29 is 4.79 Å². The van der Waals surface area contributed by atoms with E-state index >= 15 is 0 Å². The third-order valence-corrected chi connectivity index (χ3v) is 3.92.